The molecule has 0 saturated carbocycles. The van der Waals surface area contributed by atoms with E-state index in [-0.39, 0.29) is 11.2 Å². The molecule has 0 spiro atoms. The molecule has 0 aliphatic heterocycles. The first-order valence-electron chi connectivity index (χ1n) is 7.85. The van der Waals surface area contributed by atoms with Crippen LogP contribution in [0.1, 0.15) is 27.7 Å². The van der Waals surface area contributed by atoms with Gasteiger partial charge in [-0.1, -0.05) is 18.2 Å². The van der Waals surface area contributed by atoms with Gasteiger partial charge in [-0.2, -0.15) is 0 Å². The molecule has 26 heavy (non-hydrogen) atoms. The van der Waals surface area contributed by atoms with E-state index in [0.29, 0.717) is 0 Å². The Labute approximate surface area is 151 Å². The third-order valence-corrected chi connectivity index (χ3v) is 3.81. The fraction of sp³-hybridized carbons (Fsp3) is 0.333. The number of benzene rings is 2. The van der Waals surface area contributed by atoms with E-state index >= 15 is 0 Å². The van der Waals surface area contributed by atoms with Crippen LogP contribution in [0.3, 0.4) is 0 Å². The second kappa shape index (κ2) is 8.59. The van der Waals surface area contributed by atoms with Crippen LogP contribution in [0.5, 0.6) is 11.5 Å². The van der Waals surface area contributed by atoms with Crippen molar-refractivity contribution >= 4 is 12.6 Å². The zero-order valence-corrected chi connectivity index (χ0v) is 15.1. The van der Waals surface area contributed by atoms with Gasteiger partial charge in [0.15, 0.2) is 17.4 Å². The molecule has 142 valence electrons. The topological polar surface area (TPSA) is 90.2 Å². The van der Waals surface area contributed by atoms with Crippen molar-refractivity contribution in [3.8, 4) is 11.5 Å². The second-order valence-corrected chi connectivity index (χ2v) is 6.71. The largest absolute Gasteiger partial charge is 0.488 e. The predicted octanol–water partition coefficient (Wildman–Crippen LogP) is 1.97. The quantitative estimate of drug-likeness (QED) is 0.620. The lowest BCUT2D eigenvalue weighted by Crippen LogP contribution is -2.44. The number of para-hydroxylation sites is 1. The maximum atomic E-state index is 13.3. The van der Waals surface area contributed by atoms with Crippen molar-refractivity contribution in [2.75, 3.05) is 0 Å². The van der Waals surface area contributed by atoms with Crippen molar-refractivity contribution < 1.29 is 33.8 Å². The maximum Gasteiger partial charge on any atom is 0.488 e. The number of hydrogen-bond donors (Lipinski definition) is 4. The number of aliphatic hydroxyl groups is 2. The summed E-state index contributed by atoms with van der Waals surface area (Å²) >= 11 is 0. The van der Waals surface area contributed by atoms with E-state index < -0.39 is 35.7 Å². The van der Waals surface area contributed by atoms with E-state index in [9.17, 15) is 8.78 Å². The molecule has 0 fully saturated rings. The highest BCUT2D eigenvalue weighted by atomic mass is 19.1. The van der Waals surface area contributed by atoms with E-state index in [1.807, 2.05) is 0 Å². The Kier molecular flexibility index (Phi) is 7.29. The summed E-state index contributed by atoms with van der Waals surface area (Å²) in [5.74, 6) is -1.90. The molecule has 2 rings (SSSR count). The highest BCUT2D eigenvalue weighted by molar-refractivity contribution is 6.58. The van der Waals surface area contributed by atoms with Gasteiger partial charge in [0, 0.05) is 0 Å². The molecule has 4 N–H and O–H groups in total. The molecule has 8 heteroatoms. The normalized spacial score (nSPS) is 11.5. The SMILES string of the molecule is CC(C)(O)C(C)(C)O.OB(O)c1ccc(Oc2c(F)cccc2F)cc1. The van der Waals surface area contributed by atoms with Crippen molar-refractivity contribution in [1.29, 1.82) is 0 Å². The Morgan fingerprint density at radius 2 is 1.23 bits per heavy atom. The lowest BCUT2D eigenvalue weighted by molar-refractivity contribution is -0.107. The van der Waals surface area contributed by atoms with Crippen molar-refractivity contribution in [1.82, 2.24) is 0 Å². The van der Waals surface area contributed by atoms with Crippen LogP contribution in [0.15, 0.2) is 42.5 Å². The van der Waals surface area contributed by atoms with Gasteiger partial charge in [-0.05, 0) is 57.4 Å². The van der Waals surface area contributed by atoms with E-state index in [4.69, 9.17) is 25.0 Å². The van der Waals surface area contributed by atoms with Gasteiger partial charge in [0.25, 0.3) is 0 Å². The summed E-state index contributed by atoms with van der Waals surface area (Å²) in [6.45, 7) is 6.31. The standard InChI is InChI=1S/C12H9BF2O3.C6H14O2/c14-10-2-1-3-11(15)12(10)18-9-6-4-8(5-7-9)13(16)17;1-5(2,7)6(3,4)8/h1-7,16-17H;7-8H,1-4H3. The molecule has 0 saturated heterocycles. The van der Waals surface area contributed by atoms with Gasteiger partial charge in [-0.25, -0.2) is 8.78 Å². The summed E-state index contributed by atoms with van der Waals surface area (Å²) in [6, 6.07) is 8.97. The molecule has 0 heterocycles. The van der Waals surface area contributed by atoms with Crippen LogP contribution in [0.2, 0.25) is 0 Å². The minimum Gasteiger partial charge on any atom is -0.451 e. The van der Waals surface area contributed by atoms with Gasteiger partial charge >= 0.3 is 7.12 Å². The summed E-state index contributed by atoms with van der Waals surface area (Å²) in [4.78, 5) is 0. The Morgan fingerprint density at radius 1 is 0.808 bits per heavy atom. The molecule has 0 radical (unpaired) electrons. The number of rotatable bonds is 4. The van der Waals surface area contributed by atoms with E-state index in [0.717, 1.165) is 12.1 Å². The molecule has 0 aromatic heterocycles. The van der Waals surface area contributed by atoms with Crippen LogP contribution in [-0.2, 0) is 0 Å². The highest BCUT2D eigenvalue weighted by Gasteiger charge is 2.31. The molecule has 0 atom stereocenters. The molecule has 0 aliphatic carbocycles. The van der Waals surface area contributed by atoms with Crippen molar-refractivity contribution in [3.63, 3.8) is 0 Å². The second-order valence-electron chi connectivity index (χ2n) is 6.71. The average molecular weight is 368 g/mol. The van der Waals surface area contributed by atoms with Gasteiger partial charge in [0.1, 0.15) is 5.75 Å². The summed E-state index contributed by atoms with van der Waals surface area (Å²) < 4.78 is 31.7. The molecule has 2 aromatic rings. The van der Waals surface area contributed by atoms with Crippen LogP contribution >= 0.6 is 0 Å². The first-order valence-corrected chi connectivity index (χ1v) is 7.85. The number of halogens is 2. The first-order chi connectivity index (χ1) is 11.8. The lowest BCUT2D eigenvalue weighted by Gasteiger charge is -2.31. The fourth-order valence-electron chi connectivity index (χ4n) is 1.41. The Hall–Kier alpha value is -2.00. The predicted molar refractivity (Wildman–Crippen MR) is 95.3 cm³/mol. The van der Waals surface area contributed by atoms with E-state index in [2.05, 4.69) is 0 Å². The average Bonchev–Trinajstić information content (AvgIpc) is 2.50. The molecule has 0 amide bonds. The highest BCUT2D eigenvalue weighted by Crippen LogP contribution is 2.26. The minimum absolute atomic E-state index is 0.198. The van der Waals surface area contributed by atoms with Crippen molar-refractivity contribution in [2.24, 2.45) is 0 Å². The summed E-state index contributed by atoms with van der Waals surface area (Å²) in [6.07, 6.45) is 0. The smallest absolute Gasteiger partial charge is 0.451 e. The summed E-state index contributed by atoms with van der Waals surface area (Å²) in [5, 5.41) is 36.0. The summed E-state index contributed by atoms with van der Waals surface area (Å²) in [5.41, 5.74) is -1.75. The van der Waals surface area contributed by atoms with Gasteiger partial charge in [0.05, 0.1) is 11.2 Å². The van der Waals surface area contributed by atoms with Crippen LogP contribution in [0.4, 0.5) is 8.78 Å². The van der Waals surface area contributed by atoms with Gasteiger partial charge in [-0.15, -0.1) is 0 Å². The van der Waals surface area contributed by atoms with Crippen LogP contribution in [0, 0.1) is 11.6 Å². The van der Waals surface area contributed by atoms with Crippen LogP contribution in [0.25, 0.3) is 0 Å². The Balaban J connectivity index is 0.000000359. The zero-order valence-electron chi connectivity index (χ0n) is 15.1. The summed E-state index contributed by atoms with van der Waals surface area (Å²) in [7, 11) is -1.59. The Bertz CT molecular complexity index is 675. The van der Waals surface area contributed by atoms with Crippen molar-refractivity contribution in [3.05, 3.63) is 54.1 Å². The minimum atomic E-state index is -1.59. The van der Waals surface area contributed by atoms with Crippen molar-refractivity contribution in [2.45, 2.75) is 38.9 Å². The van der Waals surface area contributed by atoms with E-state index in [1.165, 1.54) is 30.3 Å². The van der Waals surface area contributed by atoms with Gasteiger partial charge in [0.2, 0.25) is 0 Å². The molecule has 0 unspecified atom stereocenters. The molecule has 5 nitrogen and oxygen atoms in total. The monoisotopic (exact) mass is 368 g/mol. The lowest BCUT2D eigenvalue weighted by atomic mass is 9.80. The molecule has 2 aromatic carbocycles. The van der Waals surface area contributed by atoms with Gasteiger partial charge in [-0.3, -0.25) is 0 Å². The molecule has 0 aliphatic rings. The van der Waals surface area contributed by atoms with E-state index in [1.54, 1.807) is 27.7 Å². The fourth-order valence-corrected chi connectivity index (χ4v) is 1.41. The molecular weight excluding hydrogens is 345 g/mol. The zero-order chi connectivity index (χ0) is 20.1. The third kappa shape index (κ3) is 6.38. The number of hydrogen-bond acceptors (Lipinski definition) is 5. The first kappa shape index (κ1) is 22.0. The molecule has 0 bridgehead atoms. The van der Waals surface area contributed by atoms with Crippen LogP contribution < -0.4 is 10.2 Å². The molecular formula is C18H23BF2O5. The maximum absolute atomic E-state index is 13.3. The van der Waals surface area contributed by atoms with Crippen LogP contribution in [-0.4, -0.2) is 38.6 Å². The third-order valence-electron chi connectivity index (χ3n) is 3.81. The number of ether oxygens (including phenoxy) is 1. The Morgan fingerprint density at radius 3 is 1.58 bits per heavy atom. The van der Waals surface area contributed by atoms with Gasteiger partial charge < -0.3 is 25.0 Å².